The Morgan fingerprint density at radius 1 is 1.45 bits per heavy atom. The van der Waals surface area contributed by atoms with Gasteiger partial charge in [-0.05, 0) is 6.42 Å². The number of carbonyl (C=O) groups is 2. The van der Waals surface area contributed by atoms with Crippen LogP contribution in [0.15, 0.2) is 0 Å². The topological polar surface area (TPSA) is 128 Å². The fourth-order valence-corrected chi connectivity index (χ4v) is 4.00. The lowest BCUT2D eigenvalue weighted by Crippen LogP contribution is -2.69. The van der Waals surface area contributed by atoms with E-state index in [0.717, 1.165) is 0 Å². The van der Waals surface area contributed by atoms with Gasteiger partial charge < -0.3 is 20.3 Å². The van der Waals surface area contributed by atoms with Crippen molar-refractivity contribution in [2.45, 2.75) is 24.5 Å². The molecule has 3 heterocycles. The molecule has 3 fully saturated rings. The van der Waals surface area contributed by atoms with E-state index in [1.54, 1.807) is 0 Å². The first kappa shape index (κ1) is 15.5. The first-order chi connectivity index (χ1) is 10.4. The average molecular weight is 334 g/mol. The monoisotopic (exact) mass is 334 g/mol. The molecule has 0 bridgehead atoms. The van der Waals surface area contributed by atoms with Crippen molar-refractivity contribution in [2.24, 2.45) is 0 Å². The van der Waals surface area contributed by atoms with Crippen LogP contribution < -0.4 is 10.6 Å². The van der Waals surface area contributed by atoms with Gasteiger partial charge in [0, 0.05) is 19.6 Å². The molecule has 3 atom stereocenters. The maximum atomic E-state index is 12.3. The summed E-state index contributed by atoms with van der Waals surface area (Å²) in [5.74, 6) is -0.768. The van der Waals surface area contributed by atoms with Crippen molar-refractivity contribution in [3.63, 3.8) is 0 Å². The van der Waals surface area contributed by atoms with E-state index in [2.05, 4.69) is 10.6 Å². The average Bonchev–Trinajstić information content (AvgIpc) is 2.60. The zero-order valence-electron chi connectivity index (χ0n) is 11.8. The first-order valence-corrected chi connectivity index (χ1v) is 8.45. The Balaban J connectivity index is 1.62. The molecular formula is C11H18N4O6S. The van der Waals surface area contributed by atoms with Crippen LogP contribution in [0.25, 0.3) is 0 Å². The number of fused-ring (bicyclic) bond motifs is 1. The molecule has 3 saturated heterocycles. The predicted octanol–water partition coefficient (Wildman–Crippen LogP) is -2.23. The minimum atomic E-state index is -4.56. The van der Waals surface area contributed by atoms with Crippen LogP contribution in [0.2, 0.25) is 0 Å². The summed E-state index contributed by atoms with van der Waals surface area (Å²) < 4.78 is 37.0. The van der Waals surface area contributed by atoms with Gasteiger partial charge in [-0.3, -0.25) is 9.35 Å². The molecule has 3 aliphatic rings. The summed E-state index contributed by atoms with van der Waals surface area (Å²) in [4.78, 5) is 25.5. The van der Waals surface area contributed by atoms with Gasteiger partial charge in [-0.25, -0.2) is 9.10 Å². The van der Waals surface area contributed by atoms with E-state index in [1.165, 1.54) is 4.90 Å². The molecule has 0 radical (unpaired) electrons. The number of β-lactam (4-membered cyclic amide) rings is 1. The molecule has 124 valence electrons. The van der Waals surface area contributed by atoms with Gasteiger partial charge in [-0.2, -0.15) is 8.42 Å². The van der Waals surface area contributed by atoms with E-state index >= 15 is 0 Å². The second-order valence-electron chi connectivity index (χ2n) is 5.53. The Morgan fingerprint density at radius 2 is 2.23 bits per heavy atom. The summed E-state index contributed by atoms with van der Waals surface area (Å²) >= 11 is 0. The van der Waals surface area contributed by atoms with Crippen molar-refractivity contribution in [1.29, 1.82) is 0 Å². The number of rotatable bonds is 2. The van der Waals surface area contributed by atoms with Crippen molar-refractivity contribution in [3.05, 3.63) is 0 Å². The fourth-order valence-electron chi connectivity index (χ4n) is 3.10. The molecule has 0 aliphatic carbocycles. The van der Waals surface area contributed by atoms with Crippen molar-refractivity contribution in [2.75, 3.05) is 32.8 Å². The van der Waals surface area contributed by atoms with Gasteiger partial charge in [0.25, 0.3) is 5.91 Å². The number of urea groups is 1. The molecule has 0 aromatic heterocycles. The number of hydrogen-bond donors (Lipinski definition) is 3. The summed E-state index contributed by atoms with van der Waals surface area (Å²) in [6.45, 7) is 2.50. The maximum absolute atomic E-state index is 12.3. The number of likely N-dealkylation sites (tertiary alicyclic amines) is 1. The van der Waals surface area contributed by atoms with E-state index in [1.807, 2.05) is 0 Å². The molecule has 0 aromatic carbocycles. The summed E-state index contributed by atoms with van der Waals surface area (Å²) in [6, 6.07) is -2.12. The van der Waals surface area contributed by atoms with Gasteiger partial charge in [0.1, 0.15) is 6.04 Å². The molecule has 0 spiro atoms. The van der Waals surface area contributed by atoms with Gasteiger partial charge >= 0.3 is 16.3 Å². The van der Waals surface area contributed by atoms with Gasteiger partial charge in [-0.15, -0.1) is 0 Å². The number of nitrogens with zero attached hydrogens (tertiary/aromatic N) is 2. The molecule has 3 N–H and O–H groups in total. The SMILES string of the molecule is O=C(N[C@@H]1CNCCOC1)N1CCC2[C@H]1C(=O)N2S(=O)(=O)O. The van der Waals surface area contributed by atoms with Crippen molar-refractivity contribution in [3.8, 4) is 0 Å². The van der Waals surface area contributed by atoms with Crippen LogP contribution in [0.3, 0.4) is 0 Å². The summed E-state index contributed by atoms with van der Waals surface area (Å²) in [6.07, 6.45) is 0.322. The standard InChI is InChI=1S/C11H18N4O6S/c16-10-9-8(15(10)22(18,19)20)1-3-14(9)11(17)13-7-5-12-2-4-21-6-7/h7-9,12H,1-6H2,(H,13,17)(H,18,19,20)/t7-,8?,9+/m1/s1. The zero-order chi connectivity index (χ0) is 15.9. The highest BCUT2D eigenvalue weighted by atomic mass is 32.2. The molecule has 11 heteroatoms. The molecule has 3 rings (SSSR count). The summed E-state index contributed by atoms with van der Waals surface area (Å²) in [5.41, 5.74) is 0. The van der Waals surface area contributed by atoms with Crippen molar-refractivity contribution in [1.82, 2.24) is 19.8 Å². The van der Waals surface area contributed by atoms with Crippen molar-refractivity contribution < 1.29 is 27.3 Å². The zero-order valence-corrected chi connectivity index (χ0v) is 12.6. The molecule has 1 unspecified atom stereocenters. The third-order valence-electron chi connectivity index (χ3n) is 4.11. The first-order valence-electron chi connectivity index (χ1n) is 7.06. The van der Waals surface area contributed by atoms with Gasteiger partial charge in [-0.1, -0.05) is 0 Å². The molecule has 3 amide bonds. The Kier molecular flexibility index (Phi) is 3.97. The van der Waals surface area contributed by atoms with Crippen LogP contribution in [0.1, 0.15) is 6.42 Å². The van der Waals surface area contributed by atoms with Crippen LogP contribution in [0, 0.1) is 0 Å². The molecule has 3 aliphatic heterocycles. The number of ether oxygens (including phenoxy) is 1. The Morgan fingerprint density at radius 3 is 2.95 bits per heavy atom. The van der Waals surface area contributed by atoms with E-state index < -0.39 is 34.3 Å². The number of amides is 3. The van der Waals surface area contributed by atoms with Crippen LogP contribution in [0.5, 0.6) is 0 Å². The number of hydrogen-bond acceptors (Lipinski definition) is 6. The predicted molar refractivity (Wildman–Crippen MR) is 73.3 cm³/mol. The fraction of sp³-hybridized carbons (Fsp3) is 0.818. The molecular weight excluding hydrogens is 316 g/mol. The van der Waals surface area contributed by atoms with Gasteiger partial charge in [0.2, 0.25) is 0 Å². The molecule has 22 heavy (non-hydrogen) atoms. The summed E-state index contributed by atoms with van der Waals surface area (Å²) in [5, 5.41) is 5.89. The quantitative estimate of drug-likeness (QED) is 0.385. The van der Waals surface area contributed by atoms with Crippen LogP contribution in [0.4, 0.5) is 4.79 Å². The minimum Gasteiger partial charge on any atom is -0.378 e. The Bertz CT molecular complexity index is 573. The van der Waals surface area contributed by atoms with E-state index in [4.69, 9.17) is 9.29 Å². The van der Waals surface area contributed by atoms with E-state index in [9.17, 15) is 18.0 Å². The lowest BCUT2D eigenvalue weighted by Gasteiger charge is -2.42. The van der Waals surface area contributed by atoms with E-state index in [-0.39, 0.29) is 12.6 Å². The lowest BCUT2D eigenvalue weighted by atomic mass is 10.0. The highest BCUT2D eigenvalue weighted by Gasteiger charge is 2.60. The van der Waals surface area contributed by atoms with Crippen LogP contribution >= 0.6 is 0 Å². The highest BCUT2D eigenvalue weighted by Crippen LogP contribution is 2.35. The van der Waals surface area contributed by atoms with Crippen molar-refractivity contribution >= 4 is 22.2 Å². The molecule has 0 saturated carbocycles. The van der Waals surface area contributed by atoms with Gasteiger partial charge in [0.15, 0.2) is 0 Å². The van der Waals surface area contributed by atoms with E-state index in [0.29, 0.717) is 37.0 Å². The molecule has 10 nitrogen and oxygen atoms in total. The second kappa shape index (κ2) is 5.65. The minimum absolute atomic E-state index is 0.207. The Hall–Kier alpha value is -1.43. The maximum Gasteiger partial charge on any atom is 0.362 e. The molecule has 0 aromatic rings. The highest BCUT2D eigenvalue weighted by molar-refractivity contribution is 7.84. The third-order valence-corrected chi connectivity index (χ3v) is 5.06. The van der Waals surface area contributed by atoms with Crippen LogP contribution in [-0.4, -0.2) is 85.1 Å². The smallest absolute Gasteiger partial charge is 0.362 e. The Labute approximate surface area is 127 Å². The van der Waals surface area contributed by atoms with Gasteiger partial charge in [0.05, 0.1) is 25.3 Å². The normalized spacial score (nSPS) is 32.2. The summed E-state index contributed by atoms with van der Waals surface area (Å²) in [7, 11) is -4.56. The number of nitrogens with one attached hydrogen (secondary N) is 2. The number of carbonyl (C=O) groups excluding carboxylic acids is 2. The van der Waals surface area contributed by atoms with Crippen LogP contribution in [-0.2, 0) is 19.8 Å². The third kappa shape index (κ3) is 2.64. The lowest BCUT2D eigenvalue weighted by molar-refractivity contribution is -0.143. The largest absolute Gasteiger partial charge is 0.378 e. The second-order valence-corrected chi connectivity index (χ2v) is 6.82.